The first-order valence-corrected chi connectivity index (χ1v) is 12.0. The second-order valence-corrected chi connectivity index (χ2v) is 13.6. The lowest BCUT2D eigenvalue weighted by Gasteiger charge is -2.22. The van der Waals surface area contributed by atoms with Gasteiger partial charge in [0.05, 0.1) is 14.2 Å². The van der Waals surface area contributed by atoms with Crippen LogP contribution in [0.3, 0.4) is 0 Å². The molecule has 0 fully saturated rings. The van der Waals surface area contributed by atoms with E-state index in [2.05, 4.69) is 39.6 Å². The van der Waals surface area contributed by atoms with E-state index in [-0.39, 0.29) is 0 Å². The Hall–Kier alpha value is -1.62. The van der Waals surface area contributed by atoms with Crippen molar-refractivity contribution in [3.05, 3.63) is 33.9 Å². The van der Waals surface area contributed by atoms with Gasteiger partial charge >= 0.3 is 11.9 Å². The van der Waals surface area contributed by atoms with E-state index in [1.54, 1.807) is 0 Å². The Balaban J connectivity index is 2.55. The van der Waals surface area contributed by atoms with Crippen LogP contribution in [0.15, 0.2) is 6.07 Å². The molecule has 2 rings (SSSR count). The van der Waals surface area contributed by atoms with Crippen molar-refractivity contribution in [2.75, 3.05) is 14.2 Å². The molecule has 0 amide bonds. The maximum atomic E-state index is 12.4. The molecule has 1 aromatic rings. The average molecular weight is 349 g/mol. The van der Waals surface area contributed by atoms with Crippen LogP contribution < -0.4 is 0 Å². The molecule has 132 valence electrons. The lowest BCUT2D eigenvalue weighted by molar-refractivity contribution is -0.168. The summed E-state index contributed by atoms with van der Waals surface area (Å²) in [6, 6.07) is 3.33. The van der Waals surface area contributed by atoms with Crippen LogP contribution in [0.4, 0.5) is 0 Å². The van der Waals surface area contributed by atoms with Gasteiger partial charge in [-0.2, -0.15) is 0 Å². The van der Waals surface area contributed by atoms with Gasteiger partial charge in [-0.3, -0.25) is 9.59 Å². The van der Waals surface area contributed by atoms with Crippen molar-refractivity contribution in [1.82, 2.24) is 0 Å². The summed E-state index contributed by atoms with van der Waals surface area (Å²) in [6.07, 6.45) is 0.732. The van der Waals surface area contributed by atoms with Crippen molar-refractivity contribution < 1.29 is 19.1 Å². The number of ether oxygens (including phenoxy) is 2. The first-order valence-electron chi connectivity index (χ1n) is 8.33. The lowest BCUT2D eigenvalue weighted by atomic mass is 9.84. The van der Waals surface area contributed by atoms with Crippen molar-refractivity contribution >= 4 is 20.0 Å². The summed E-state index contributed by atoms with van der Waals surface area (Å²) in [6.45, 7) is 11.2. The van der Waals surface area contributed by atoms with Crippen LogP contribution in [0, 0.1) is 19.3 Å². The minimum absolute atomic E-state index is 0.363. The van der Waals surface area contributed by atoms with Gasteiger partial charge in [0.15, 0.2) is 5.41 Å². The fourth-order valence-corrected chi connectivity index (χ4v) is 5.29. The molecule has 0 unspecified atom stereocenters. The Morgan fingerprint density at radius 1 is 1.04 bits per heavy atom. The second-order valence-electron chi connectivity index (χ2n) is 8.09. The third kappa shape index (κ3) is 3.14. The molecule has 0 aliphatic heterocycles. The van der Waals surface area contributed by atoms with E-state index >= 15 is 0 Å². The van der Waals surface area contributed by atoms with Crippen LogP contribution in [0.1, 0.15) is 27.8 Å². The summed E-state index contributed by atoms with van der Waals surface area (Å²) in [4.78, 5) is 24.9. The molecule has 0 aromatic heterocycles. The van der Waals surface area contributed by atoms with Crippen molar-refractivity contribution in [3.8, 4) is 0 Å². The molecular formula is C19H28O4Si. The fraction of sp³-hybridized carbons (Fsp3) is 0.579. The molecule has 0 radical (unpaired) electrons. The Morgan fingerprint density at radius 3 is 2.00 bits per heavy atom. The molecule has 5 heteroatoms. The van der Waals surface area contributed by atoms with E-state index in [9.17, 15) is 9.59 Å². The Labute approximate surface area is 145 Å². The van der Waals surface area contributed by atoms with Gasteiger partial charge in [-0.1, -0.05) is 25.7 Å². The Kier molecular flexibility index (Phi) is 4.95. The number of rotatable bonds is 4. The van der Waals surface area contributed by atoms with E-state index in [0.29, 0.717) is 12.8 Å². The van der Waals surface area contributed by atoms with Crippen LogP contribution in [0.5, 0.6) is 0 Å². The first-order chi connectivity index (χ1) is 11.1. The summed E-state index contributed by atoms with van der Waals surface area (Å²) in [5.41, 5.74) is 4.70. The van der Waals surface area contributed by atoms with Crippen molar-refractivity contribution in [1.29, 1.82) is 0 Å². The highest BCUT2D eigenvalue weighted by molar-refractivity contribution is 6.75. The molecular weight excluding hydrogens is 320 g/mol. The Morgan fingerprint density at radius 2 is 1.54 bits per heavy atom. The van der Waals surface area contributed by atoms with Crippen LogP contribution >= 0.6 is 0 Å². The van der Waals surface area contributed by atoms with Crippen molar-refractivity contribution in [3.63, 3.8) is 0 Å². The average Bonchev–Trinajstić information content (AvgIpc) is 2.92. The number of aryl methyl sites for hydroxylation is 1. The number of methoxy groups -OCH3 is 2. The van der Waals surface area contributed by atoms with Crippen LogP contribution in [0.2, 0.25) is 19.6 Å². The van der Waals surface area contributed by atoms with Crippen LogP contribution in [-0.2, 0) is 37.9 Å². The Bertz CT molecular complexity index is 670. The fourth-order valence-electron chi connectivity index (χ4n) is 3.78. The number of carbonyl (C=O) groups is 2. The molecule has 1 aliphatic rings. The predicted molar refractivity (Wildman–Crippen MR) is 96.8 cm³/mol. The standard InChI is InChI=1S/C19H28O4Si/c1-12-8-14(11-24(5,6)7)13(2)16-10-19(9-15(12)16,17(20)22-3)18(21)23-4/h8H,9-11H2,1-7H3. The van der Waals surface area contributed by atoms with Gasteiger partial charge in [-0.25, -0.2) is 0 Å². The molecule has 4 nitrogen and oxygen atoms in total. The highest BCUT2D eigenvalue weighted by atomic mass is 28.3. The molecule has 0 saturated heterocycles. The quantitative estimate of drug-likeness (QED) is 0.476. The zero-order chi connectivity index (χ0) is 18.3. The monoisotopic (exact) mass is 348 g/mol. The summed E-state index contributed by atoms with van der Waals surface area (Å²) < 4.78 is 9.90. The number of esters is 2. The summed E-state index contributed by atoms with van der Waals surface area (Å²) in [7, 11) is 1.39. The van der Waals surface area contributed by atoms with Crippen LogP contribution in [-0.4, -0.2) is 34.2 Å². The number of fused-ring (bicyclic) bond motifs is 1. The SMILES string of the molecule is COC(=O)C1(C(=O)OC)Cc2c(C)cc(C[Si](C)(C)C)c(C)c2C1. The van der Waals surface area contributed by atoms with Gasteiger partial charge in [-0.05, 0) is 47.7 Å². The molecule has 0 heterocycles. The predicted octanol–water partition coefficient (Wildman–Crippen LogP) is 3.15. The van der Waals surface area contributed by atoms with E-state index in [0.717, 1.165) is 22.7 Å². The molecule has 1 aliphatic carbocycles. The van der Waals surface area contributed by atoms with Crippen LogP contribution in [0.25, 0.3) is 0 Å². The minimum atomic E-state index is -1.26. The molecule has 1 aromatic carbocycles. The van der Waals surface area contributed by atoms with E-state index in [4.69, 9.17) is 9.47 Å². The number of benzene rings is 1. The molecule has 24 heavy (non-hydrogen) atoms. The third-order valence-electron chi connectivity index (χ3n) is 5.00. The second kappa shape index (κ2) is 6.35. The number of hydrogen-bond acceptors (Lipinski definition) is 4. The maximum Gasteiger partial charge on any atom is 0.323 e. The molecule has 0 bridgehead atoms. The van der Waals surface area contributed by atoms with Gasteiger partial charge in [-0.15, -0.1) is 0 Å². The third-order valence-corrected chi connectivity index (χ3v) is 6.44. The maximum absolute atomic E-state index is 12.4. The van der Waals surface area contributed by atoms with Gasteiger partial charge < -0.3 is 9.47 Å². The van der Waals surface area contributed by atoms with Gasteiger partial charge in [0.1, 0.15) is 0 Å². The van der Waals surface area contributed by atoms with Gasteiger partial charge in [0, 0.05) is 20.9 Å². The molecule has 0 N–H and O–H groups in total. The highest BCUT2D eigenvalue weighted by Crippen LogP contribution is 2.43. The zero-order valence-electron chi connectivity index (χ0n) is 15.8. The van der Waals surface area contributed by atoms with Crippen molar-refractivity contribution in [2.24, 2.45) is 5.41 Å². The molecule has 0 saturated carbocycles. The van der Waals surface area contributed by atoms with E-state index < -0.39 is 25.4 Å². The van der Waals surface area contributed by atoms with Gasteiger partial charge in [0.2, 0.25) is 0 Å². The molecule has 0 spiro atoms. The smallest absolute Gasteiger partial charge is 0.323 e. The summed E-state index contributed by atoms with van der Waals surface area (Å²) >= 11 is 0. The molecule has 0 atom stereocenters. The lowest BCUT2D eigenvalue weighted by Crippen LogP contribution is -2.42. The summed E-state index contributed by atoms with van der Waals surface area (Å²) in [5.74, 6) is -1.01. The van der Waals surface area contributed by atoms with E-state index in [1.807, 2.05) is 0 Å². The summed E-state index contributed by atoms with van der Waals surface area (Å²) in [5, 5.41) is 0. The zero-order valence-corrected chi connectivity index (χ0v) is 16.8. The van der Waals surface area contributed by atoms with Gasteiger partial charge in [0.25, 0.3) is 0 Å². The highest BCUT2D eigenvalue weighted by Gasteiger charge is 2.53. The topological polar surface area (TPSA) is 52.6 Å². The minimum Gasteiger partial charge on any atom is -0.468 e. The van der Waals surface area contributed by atoms with E-state index in [1.165, 1.54) is 25.3 Å². The first kappa shape index (κ1) is 18.7. The van der Waals surface area contributed by atoms with Crippen molar-refractivity contribution in [2.45, 2.75) is 52.4 Å². The number of carbonyl (C=O) groups excluding carboxylic acids is 2. The largest absolute Gasteiger partial charge is 0.468 e. The normalized spacial score (nSPS) is 15.8. The number of hydrogen-bond donors (Lipinski definition) is 0.